The van der Waals surface area contributed by atoms with E-state index >= 15 is 0 Å². The van der Waals surface area contributed by atoms with Crippen molar-refractivity contribution in [2.24, 2.45) is 0 Å². The topological polar surface area (TPSA) is 55.8 Å². The summed E-state index contributed by atoms with van der Waals surface area (Å²) in [4.78, 5) is 10.8. The number of carbonyl (C=O) groups is 1. The summed E-state index contributed by atoms with van der Waals surface area (Å²) in [5, 5.41) is 8.90. The zero-order valence-electron chi connectivity index (χ0n) is 9.79. The molecule has 4 heteroatoms. The Bertz CT molecular complexity index is 563. The van der Waals surface area contributed by atoms with E-state index in [1.807, 2.05) is 12.1 Å². The minimum absolute atomic E-state index is 0.183. The highest BCUT2D eigenvalue weighted by atomic mass is 16.5. The lowest BCUT2D eigenvalue weighted by Gasteiger charge is -2.10. The van der Waals surface area contributed by atoms with Gasteiger partial charge in [0.2, 0.25) is 0 Å². The summed E-state index contributed by atoms with van der Waals surface area (Å²) in [5.41, 5.74) is 0.183. The van der Waals surface area contributed by atoms with Gasteiger partial charge in [-0.1, -0.05) is 18.2 Å². The Balaban J connectivity index is 2.28. The van der Waals surface area contributed by atoms with E-state index in [0.717, 1.165) is 0 Å². The molecule has 2 aromatic rings. The quantitative estimate of drug-likeness (QED) is 0.897. The van der Waals surface area contributed by atoms with Crippen LogP contribution in [-0.2, 0) is 0 Å². The fourth-order valence-electron chi connectivity index (χ4n) is 1.52. The van der Waals surface area contributed by atoms with Crippen molar-refractivity contribution in [1.29, 1.82) is 0 Å². The van der Waals surface area contributed by atoms with Crippen molar-refractivity contribution in [3.05, 3.63) is 54.1 Å². The lowest BCUT2D eigenvalue weighted by atomic mass is 10.2. The van der Waals surface area contributed by atoms with E-state index in [-0.39, 0.29) is 5.56 Å². The first-order chi connectivity index (χ1) is 8.70. The number of benzene rings is 2. The maximum Gasteiger partial charge on any atom is 0.335 e. The van der Waals surface area contributed by atoms with E-state index in [2.05, 4.69) is 0 Å². The Kier molecular flexibility index (Phi) is 3.48. The van der Waals surface area contributed by atoms with Crippen LogP contribution in [0.3, 0.4) is 0 Å². The molecule has 0 saturated carbocycles. The summed E-state index contributed by atoms with van der Waals surface area (Å²) in [6, 6.07) is 13.5. The first-order valence-corrected chi connectivity index (χ1v) is 5.35. The molecule has 0 saturated heterocycles. The second-order valence-corrected chi connectivity index (χ2v) is 3.59. The summed E-state index contributed by atoms with van der Waals surface area (Å²) in [5.74, 6) is 0.612. The zero-order valence-corrected chi connectivity index (χ0v) is 9.79. The van der Waals surface area contributed by atoms with Crippen LogP contribution in [0.2, 0.25) is 0 Å². The SMILES string of the molecule is COc1ccccc1Oc1cccc(C(=O)O)c1. The second-order valence-electron chi connectivity index (χ2n) is 3.59. The van der Waals surface area contributed by atoms with Gasteiger partial charge in [-0.25, -0.2) is 4.79 Å². The molecule has 0 bridgehead atoms. The minimum atomic E-state index is -0.986. The van der Waals surface area contributed by atoms with Gasteiger partial charge in [0, 0.05) is 0 Å². The Hall–Kier alpha value is -2.49. The van der Waals surface area contributed by atoms with Crippen LogP contribution in [-0.4, -0.2) is 18.2 Å². The molecule has 0 aliphatic heterocycles. The number of ether oxygens (including phenoxy) is 2. The molecule has 18 heavy (non-hydrogen) atoms. The number of carboxylic acid groups (broad SMARTS) is 1. The second kappa shape index (κ2) is 5.23. The van der Waals surface area contributed by atoms with E-state index < -0.39 is 5.97 Å². The summed E-state index contributed by atoms with van der Waals surface area (Å²) in [6.45, 7) is 0. The van der Waals surface area contributed by atoms with Crippen LogP contribution >= 0.6 is 0 Å². The highest BCUT2D eigenvalue weighted by Crippen LogP contribution is 2.31. The van der Waals surface area contributed by atoms with E-state index in [4.69, 9.17) is 14.6 Å². The molecule has 0 heterocycles. The summed E-state index contributed by atoms with van der Waals surface area (Å²) in [7, 11) is 1.55. The zero-order chi connectivity index (χ0) is 13.0. The van der Waals surface area contributed by atoms with Crippen LogP contribution in [0.5, 0.6) is 17.2 Å². The van der Waals surface area contributed by atoms with E-state index in [0.29, 0.717) is 17.2 Å². The molecule has 92 valence electrons. The number of rotatable bonds is 4. The Morgan fingerprint density at radius 2 is 1.78 bits per heavy atom. The van der Waals surface area contributed by atoms with Gasteiger partial charge in [0.15, 0.2) is 11.5 Å². The van der Waals surface area contributed by atoms with Crippen LogP contribution < -0.4 is 9.47 Å². The number of carboxylic acids is 1. The molecule has 0 aliphatic carbocycles. The summed E-state index contributed by atoms with van der Waals surface area (Å²) in [6.07, 6.45) is 0. The van der Waals surface area contributed by atoms with Crippen molar-refractivity contribution in [3.63, 3.8) is 0 Å². The lowest BCUT2D eigenvalue weighted by Crippen LogP contribution is -1.96. The van der Waals surface area contributed by atoms with E-state index in [9.17, 15) is 4.79 Å². The third kappa shape index (κ3) is 2.60. The molecule has 0 aliphatic rings. The first kappa shape index (κ1) is 12.0. The standard InChI is InChI=1S/C14H12O4/c1-17-12-7-2-3-8-13(12)18-11-6-4-5-10(9-11)14(15)16/h2-9H,1H3,(H,15,16). The fraction of sp³-hybridized carbons (Fsp3) is 0.0714. The number of para-hydroxylation sites is 2. The van der Waals surface area contributed by atoms with Gasteiger partial charge in [0.05, 0.1) is 12.7 Å². The highest BCUT2D eigenvalue weighted by Gasteiger charge is 2.07. The molecular weight excluding hydrogens is 232 g/mol. The maximum absolute atomic E-state index is 10.8. The highest BCUT2D eigenvalue weighted by molar-refractivity contribution is 5.88. The molecule has 0 fully saturated rings. The van der Waals surface area contributed by atoms with Crippen molar-refractivity contribution in [1.82, 2.24) is 0 Å². The number of hydrogen-bond donors (Lipinski definition) is 1. The first-order valence-electron chi connectivity index (χ1n) is 5.35. The predicted octanol–water partition coefficient (Wildman–Crippen LogP) is 3.19. The van der Waals surface area contributed by atoms with Crippen LogP contribution in [0.1, 0.15) is 10.4 Å². The third-order valence-corrected chi connectivity index (χ3v) is 2.38. The van der Waals surface area contributed by atoms with Crippen LogP contribution in [0, 0.1) is 0 Å². The molecule has 0 radical (unpaired) electrons. The van der Waals surface area contributed by atoms with E-state index in [1.54, 1.807) is 31.4 Å². The minimum Gasteiger partial charge on any atom is -0.493 e. The third-order valence-electron chi connectivity index (χ3n) is 2.38. The van der Waals surface area contributed by atoms with Gasteiger partial charge in [-0.05, 0) is 30.3 Å². The van der Waals surface area contributed by atoms with Crippen molar-refractivity contribution in [2.75, 3.05) is 7.11 Å². The molecule has 2 rings (SSSR count). The van der Waals surface area contributed by atoms with Gasteiger partial charge in [0.25, 0.3) is 0 Å². The van der Waals surface area contributed by atoms with E-state index in [1.165, 1.54) is 12.1 Å². The lowest BCUT2D eigenvalue weighted by molar-refractivity contribution is 0.0696. The fourth-order valence-corrected chi connectivity index (χ4v) is 1.52. The van der Waals surface area contributed by atoms with Gasteiger partial charge >= 0.3 is 5.97 Å². The molecule has 4 nitrogen and oxygen atoms in total. The van der Waals surface area contributed by atoms with Gasteiger partial charge in [-0.15, -0.1) is 0 Å². The summed E-state index contributed by atoms with van der Waals surface area (Å²) >= 11 is 0. The molecule has 2 aromatic carbocycles. The smallest absolute Gasteiger partial charge is 0.335 e. The molecule has 1 N–H and O–H groups in total. The number of methoxy groups -OCH3 is 1. The largest absolute Gasteiger partial charge is 0.493 e. The Labute approximate surface area is 104 Å². The van der Waals surface area contributed by atoms with Crippen molar-refractivity contribution in [3.8, 4) is 17.2 Å². The Morgan fingerprint density at radius 3 is 2.44 bits per heavy atom. The molecular formula is C14H12O4. The molecule has 0 spiro atoms. The van der Waals surface area contributed by atoms with Gasteiger partial charge < -0.3 is 14.6 Å². The molecule has 0 aromatic heterocycles. The maximum atomic E-state index is 10.8. The van der Waals surface area contributed by atoms with Crippen molar-refractivity contribution >= 4 is 5.97 Å². The van der Waals surface area contributed by atoms with Crippen LogP contribution in [0.15, 0.2) is 48.5 Å². The number of aromatic carboxylic acids is 1. The monoisotopic (exact) mass is 244 g/mol. The average Bonchev–Trinajstić information content (AvgIpc) is 2.39. The molecule has 0 unspecified atom stereocenters. The van der Waals surface area contributed by atoms with Gasteiger partial charge in [0.1, 0.15) is 5.75 Å². The normalized spacial score (nSPS) is 9.83. The number of hydrogen-bond acceptors (Lipinski definition) is 3. The Morgan fingerprint density at radius 1 is 1.06 bits per heavy atom. The van der Waals surface area contributed by atoms with Gasteiger partial charge in [-0.2, -0.15) is 0 Å². The van der Waals surface area contributed by atoms with Crippen LogP contribution in [0.25, 0.3) is 0 Å². The van der Waals surface area contributed by atoms with Gasteiger partial charge in [-0.3, -0.25) is 0 Å². The van der Waals surface area contributed by atoms with Crippen molar-refractivity contribution < 1.29 is 19.4 Å². The summed E-state index contributed by atoms with van der Waals surface area (Å²) < 4.78 is 10.8. The van der Waals surface area contributed by atoms with Crippen molar-refractivity contribution in [2.45, 2.75) is 0 Å². The predicted molar refractivity (Wildman–Crippen MR) is 66.5 cm³/mol. The molecule has 0 atom stereocenters. The molecule has 0 amide bonds. The van der Waals surface area contributed by atoms with Crippen LogP contribution in [0.4, 0.5) is 0 Å². The average molecular weight is 244 g/mol.